The number of hydrogen-bond acceptors (Lipinski definition) is 1. The normalized spacial score (nSPS) is 21.0. The molecule has 1 unspecified atom stereocenters. The van der Waals surface area contributed by atoms with Gasteiger partial charge in [-0.25, -0.2) is 8.78 Å². The van der Waals surface area contributed by atoms with Gasteiger partial charge in [0, 0.05) is 11.1 Å². The Hall–Kier alpha value is -3.27. The Bertz CT molecular complexity index is 1400. The highest BCUT2D eigenvalue weighted by Gasteiger charge is 2.28. The Morgan fingerprint density at radius 2 is 1.48 bits per heavy atom. The molecular formula is C38H43F3O. The highest BCUT2D eigenvalue weighted by atomic mass is 19.2. The van der Waals surface area contributed by atoms with Gasteiger partial charge in [0.05, 0.1) is 6.61 Å². The monoisotopic (exact) mass is 572 g/mol. The molecule has 0 spiro atoms. The summed E-state index contributed by atoms with van der Waals surface area (Å²) in [6, 6.07) is 15.6. The Morgan fingerprint density at radius 3 is 2.14 bits per heavy atom. The lowest BCUT2D eigenvalue weighted by Gasteiger charge is -2.35. The molecule has 3 aromatic rings. The first kappa shape index (κ1) is 30.2. The van der Waals surface area contributed by atoms with Crippen LogP contribution in [0.2, 0.25) is 0 Å². The van der Waals surface area contributed by atoms with Crippen LogP contribution in [0.3, 0.4) is 0 Å². The van der Waals surface area contributed by atoms with E-state index in [2.05, 4.69) is 32.1 Å². The third-order valence-corrected chi connectivity index (χ3v) is 9.30. The highest BCUT2D eigenvalue weighted by molar-refractivity contribution is 5.74. The van der Waals surface area contributed by atoms with Crippen LogP contribution < -0.4 is 4.74 Å². The molecule has 3 aromatic carbocycles. The van der Waals surface area contributed by atoms with Gasteiger partial charge in [-0.3, -0.25) is 0 Å². The van der Waals surface area contributed by atoms with Gasteiger partial charge in [0.2, 0.25) is 5.82 Å². The van der Waals surface area contributed by atoms with Crippen LogP contribution in [0.25, 0.3) is 27.8 Å². The fourth-order valence-electron chi connectivity index (χ4n) is 6.81. The molecule has 0 radical (unpaired) electrons. The summed E-state index contributed by atoms with van der Waals surface area (Å²) in [4.78, 5) is 0. The van der Waals surface area contributed by atoms with Crippen LogP contribution in [0.4, 0.5) is 13.2 Å². The molecule has 0 bridgehead atoms. The van der Waals surface area contributed by atoms with E-state index >= 15 is 4.39 Å². The van der Waals surface area contributed by atoms with Gasteiger partial charge in [-0.05, 0) is 117 Å². The predicted molar refractivity (Wildman–Crippen MR) is 168 cm³/mol. The first-order valence-corrected chi connectivity index (χ1v) is 15.8. The molecular weight excluding hydrogens is 529 g/mol. The van der Waals surface area contributed by atoms with E-state index in [1.165, 1.54) is 31.7 Å². The van der Waals surface area contributed by atoms with Crippen LogP contribution in [0.1, 0.15) is 83.6 Å². The van der Waals surface area contributed by atoms with Crippen molar-refractivity contribution in [3.05, 3.63) is 95.8 Å². The molecule has 1 nitrogen and oxygen atoms in total. The molecule has 1 saturated carbocycles. The van der Waals surface area contributed by atoms with Crippen molar-refractivity contribution in [2.75, 3.05) is 6.61 Å². The average Bonchev–Trinajstić information content (AvgIpc) is 3.02. The van der Waals surface area contributed by atoms with Crippen LogP contribution in [0, 0.1) is 35.2 Å². The van der Waals surface area contributed by atoms with Crippen molar-refractivity contribution < 1.29 is 17.9 Å². The number of rotatable bonds is 10. The van der Waals surface area contributed by atoms with Crippen molar-refractivity contribution >= 4 is 5.57 Å². The molecule has 0 N–H and O–H groups in total. The third kappa shape index (κ3) is 7.02. The number of benzene rings is 3. The molecule has 0 aromatic heterocycles. The molecule has 1 fully saturated rings. The molecule has 0 aliphatic heterocycles. The van der Waals surface area contributed by atoms with E-state index in [0.29, 0.717) is 23.7 Å². The summed E-state index contributed by atoms with van der Waals surface area (Å²) in [6.45, 7) is 4.55. The molecule has 0 amide bonds. The summed E-state index contributed by atoms with van der Waals surface area (Å²) in [5.41, 5.74) is 4.13. The van der Waals surface area contributed by atoms with E-state index in [1.807, 2.05) is 24.3 Å². The lowest BCUT2D eigenvalue weighted by atomic mass is 9.71. The first-order chi connectivity index (χ1) is 20.5. The minimum Gasteiger partial charge on any atom is -0.490 e. The van der Waals surface area contributed by atoms with Crippen molar-refractivity contribution in [2.45, 2.75) is 78.1 Å². The fourth-order valence-corrected chi connectivity index (χ4v) is 6.81. The molecule has 0 heterocycles. The maximum absolute atomic E-state index is 15.3. The predicted octanol–water partition coefficient (Wildman–Crippen LogP) is 11.6. The van der Waals surface area contributed by atoms with Crippen molar-refractivity contribution in [1.82, 2.24) is 0 Å². The molecule has 42 heavy (non-hydrogen) atoms. The minimum atomic E-state index is -0.967. The van der Waals surface area contributed by atoms with Gasteiger partial charge >= 0.3 is 0 Å². The third-order valence-electron chi connectivity index (χ3n) is 9.30. The quantitative estimate of drug-likeness (QED) is 0.173. The summed E-state index contributed by atoms with van der Waals surface area (Å²) in [6.07, 6.45) is 18.0. The van der Waals surface area contributed by atoms with E-state index in [-0.39, 0.29) is 17.1 Å². The van der Waals surface area contributed by atoms with E-state index in [1.54, 1.807) is 24.3 Å². The zero-order valence-electron chi connectivity index (χ0n) is 25.0. The second kappa shape index (κ2) is 14.3. The number of hydrogen-bond donors (Lipinski definition) is 0. The summed E-state index contributed by atoms with van der Waals surface area (Å²) in [5.74, 6) is 0.105. The average molecular weight is 573 g/mol. The maximum atomic E-state index is 15.3. The van der Waals surface area contributed by atoms with E-state index < -0.39 is 11.6 Å². The standard InChI is InChI=1S/C38H43F3O/c1-3-5-6-24-42-36-23-22-34(37(40)38(36)41)31-18-14-29(15-19-31)32-20-21-33(35(39)25-32)30-16-12-28(13-17-30)27-10-8-26(7-4-2)9-11-27/h4,7,14-16,18-23,25-28H,3,5-6,8-13,17,24H2,1-2H3/b7-4+. The van der Waals surface area contributed by atoms with E-state index in [4.69, 9.17) is 4.74 Å². The Kier molecular flexibility index (Phi) is 10.3. The van der Waals surface area contributed by atoms with Gasteiger partial charge in [0.25, 0.3) is 0 Å². The van der Waals surface area contributed by atoms with Gasteiger partial charge in [-0.1, -0.05) is 74.4 Å². The number of halogens is 3. The molecule has 5 rings (SSSR count). The van der Waals surface area contributed by atoms with Gasteiger partial charge < -0.3 is 4.74 Å². The van der Waals surface area contributed by atoms with Crippen molar-refractivity contribution in [3.8, 4) is 28.0 Å². The molecule has 4 heteroatoms. The molecule has 222 valence electrons. The summed E-state index contributed by atoms with van der Waals surface area (Å²) in [5, 5.41) is 0. The highest BCUT2D eigenvalue weighted by Crippen LogP contribution is 2.42. The summed E-state index contributed by atoms with van der Waals surface area (Å²) < 4.78 is 50.3. The number of ether oxygens (including phenoxy) is 1. The van der Waals surface area contributed by atoms with Gasteiger partial charge in [-0.2, -0.15) is 4.39 Å². The number of unbranched alkanes of at least 4 members (excludes halogenated alkanes) is 2. The smallest absolute Gasteiger partial charge is 0.201 e. The van der Waals surface area contributed by atoms with Crippen LogP contribution in [0.5, 0.6) is 5.75 Å². The molecule has 2 aliphatic carbocycles. The minimum absolute atomic E-state index is 0.0599. The molecule has 0 saturated heterocycles. The van der Waals surface area contributed by atoms with Crippen LogP contribution >= 0.6 is 0 Å². The second-order valence-electron chi connectivity index (χ2n) is 12.0. The van der Waals surface area contributed by atoms with Gasteiger partial charge in [0.15, 0.2) is 11.6 Å². The second-order valence-corrected chi connectivity index (χ2v) is 12.0. The number of allylic oxidation sites excluding steroid dienone is 4. The summed E-state index contributed by atoms with van der Waals surface area (Å²) >= 11 is 0. The van der Waals surface area contributed by atoms with E-state index in [9.17, 15) is 8.78 Å². The Morgan fingerprint density at radius 1 is 0.762 bits per heavy atom. The van der Waals surface area contributed by atoms with Gasteiger partial charge in [-0.15, -0.1) is 0 Å². The van der Waals surface area contributed by atoms with Crippen molar-refractivity contribution in [3.63, 3.8) is 0 Å². The van der Waals surface area contributed by atoms with E-state index in [0.717, 1.165) is 67.1 Å². The lowest BCUT2D eigenvalue weighted by molar-refractivity contribution is 0.212. The van der Waals surface area contributed by atoms with Crippen molar-refractivity contribution in [2.24, 2.45) is 17.8 Å². The zero-order chi connectivity index (χ0) is 29.5. The topological polar surface area (TPSA) is 9.23 Å². The van der Waals surface area contributed by atoms with Crippen LogP contribution in [0.15, 0.2) is 72.8 Å². The van der Waals surface area contributed by atoms with Crippen molar-refractivity contribution in [1.29, 1.82) is 0 Å². The lowest BCUT2D eigenvalue weighted by Crippen LogP contribution is -2.22. The largest absolute Gasteiger partial charge is 0.490 e. The maximum Gasteiger partial charge on any atom is 0.201 e. The zero-order valence-corrected chi connectivity index (χ0v) is 25.0. The molecule has 1 atom stereocenters. The van der Waals surface area contributed by atoms with Crippen LogP contribution in [-0.2, 0) is 0 Å². The van der Waals surface area contributed by atoms with Crippen LogP contribution in [-0.4, -0.2) is 6.61 Å². The summed E-state index contributed by atoms with van der Waals surface area (Å²) in [7, 11) is 0. The fraction of sp³-hybridized carbons (Fsp3) is 0.421. The SMILES string of the molecule is C/C=C/C1CCC(C2CC=C(c3ccc(-c4ccc(-c5ccc(OCCCCC)c(F)c5F)cc4)cc3F)CC2)CC1. The van der Waals surface area contributed by atoms with Gasteiger partial charge in [0.1, 0.15) is 5.82 Å². The Labute approximate surface area is 249 Å². The Balaban J connectivity index is 1.23. The first-order valence-electron chi connectivity index (χ1n) is 15.8. The molecule has 2 aliphatic rings.